The summed E-state index contributed by atoms with van der Waals surface area (Å²) in [5.41, 5.74) is 2.35. The number of benzene rings is 1. The SMILES string of the molecule is [CH2]c1cccc(C(CC=O)C2CCCC2)c1. The maximum Gasteiger partial charge on any atom is 0.120 e. The molecule has 1 radical (unpaired) electrons. The van der Waals surface area contributed by atoms with Crippen molar-refractivity contribution in [1.82, 2.24) is 0 Å². The molecule has 1 aliphatic carbocycles. The van der Waals surface area contributed by atoms with Gasteiger partial charge in [-0.2, -0.15) is 0 Å². The van der Waals surface area contributed by atoms with Crippen LogP contribution >= 0.6 is 0 Å². The summed E-state index contributed by atoms with van der Waals surface area (Å²) in [6.45, 7) is 3.96. The maximum absolute atomic E-state index is 10.8. The smallest absolute Gasteiger partial charge is 0.120 e. The van der Waals surface area contributed by atoms with Crippen LogP contribution in [0.4, 0.5) is 0 Å². The van der Waals surface area contributed by atoms with Crippen molar-refractivity contribution in [1.29, 1.82) is 0 Å². The molecule has 1 unspecified atom stereocenters. The van der Waals surface area contributed by atoms with E-state index in [4.69, 9.17) is 0 Å². The number of carbonyl (C=O) groups is 1. The van der Waals surface area contributed by atoms with Gasteiger partial charge in [0.1, 0.15) is 6.29 Å². The highest BCUT2D eigenvalue weighted by Gasteiger charge is 2.25. The quantitative estimate of drug-likeness (QED) is 0.699. The molecule has 0 spiro atoms. The summed E-state index contributed by atoms with van der Waals surface area (Å²) >= 11 is 0. The zero-order valence-corrected chi connectivity index (χ0v) is 9.69. The molecule has 1 nitrogen and oxygen atoms in total. The molecule has 0 amide bonds. The highest BCUT2D eigenvalue weighted by Crippen LogP contribution is 2.38. The van der Waals surface area contributed by atoms with Gasteiger partial charge in [0, 0.05) is 6.42 Å². The van der Waals surface area contributed by atoms with Gasteiger partial charge >= 0.3 is 0 Å². The second-order valence-corrected chi connectivity index (χ2v) is 4.80. The Bertz CT molecular complexity index is 350. The fourth-order valence-electron chi connectivity index (χ4n) is 2.89. The molecule has 1 heteroatoms. The van der Waals surface area contributed by atoms with Gasteiger partial charge in [-0.15, -0.1) is 0 Å². The molecule has 1 aromatic carbocycles. The average Bonchev–Trinajstić information content (AvgIpc) is 2.79. The summed E-state index contributed by atoms with van der Waals surface area (Å²) in [5, 5.41) is 0. The fraction of sp³-hybridized carbons (Fsp3) is 0.467. The number of carbonyl (C=O) groups excluding carboxylic acids is 1. The molecule has 85 valence electrons. The third-order valence-corrected chi connectivity index (χ3v) is 3.70. The molecule has 1 saturated carbocycles. The molecule has 0 heterocycles. The van der Waals surface area contributed by atoms with Gasteiger partial charge in [-0.05, 0) is 42.7 Å². The van der Waals surface area contributed by atoms with E-state index in [0.717, 1.165) is 11.8 Å². The van der Waals surface area contributed by atoms with Crippen molar-refractivity contribution in [2.45, 2.75) is 38.0 Å². The number of aldehydes is 1. The van der Waals surface area contributed by atoms with Gasteiger partial charge in [0.05, 0.1) is 0 Å². The summed E-state index contributed by atoms with van der Waals surface area (Å²) in [5.74, 6) is 1.12. The summed E-state index contributed by atoms with van der Waals surface area (Å²) in [6.07, 6.45) is 6.93. The third kappa shape index (κ3) is 2.52. The van der Waals surface area contributed by atoms with Gasteiger partial charge < -0.3 is 4.79 Å². The van der Waals surface area contributed by atoms with E-state index in [1.807, 2.05) is 12.1 Å². The lowest BCUT2D eigenvalue weighted by atomic mass is 9.82. The first-order chi connectivity index (χ1) is 7.81. The molecule has 1 atom stereocenters. The Morgan fingerprint density at radius 1 is 1.38 bits per heavy atom. The second-order valence-electron chi connectivity index (χ2n) is 4.80. The van der Waals surface area contributed by atoms with E-state index in [-0.39, 0.29) is 0 Å². The van der Waals surface area contributed by atoms with Crippen molar-refractivity contribution < 1.29 is 4.79 Å². The van der Waals surface area contributed by atoms with Gasteiger partial charge in [-0.3, -0.25) is 0 Å². The Hall–Kier alpha value is -1.11. The van der Waals surface area contributed by atoms with E-state index in [0.29, 0.717) is 18.3 Å². The predicted octanol–water partition coefficient (Wildman–Crippen LogP) is 3.73. The Labute approximate surface area is 97.9 Å². The largest absolute Gasteiger partial charge is 0.303 e. The first-order valence-corrected chi connectivity index (χ1v) is 6.17. The monoisotopic (exact) mass is 215 g/mol. The summed E-state index contributed by atoms with van der Waals surface area (Å²) in [6, 6.07) is 8.33. The van der Waals surface area contributed by atoms with Gasteiger partial charge in [0.2, 0.25) is 0 Å². The molecule has 1 fully saturated rings. The molecular weight excluding hydrogens is 196 g/mol. The van der Waals surface area contributed by atoms with Crippen molar-refractivity contribution >= 4 is 6.29 Å². The molecule has 0 bridgehead atoms. The number of hydrogen-bond acceptors (Lipinski definition) is 1. The van der Waals surface area contributed by atoms with Crippen LogP contribution in [0.5, 0.6) is 0 Å². The number of rotatable bonds is 4. The molecule has 2 rings (SSSR count). The standard InChI is InChI=1S/C15H19O/c1-12-5-4-8-14(11-12)15(9-10-16)13-6-2-3-7-13/h4-5,8,10-11,13,15H,1-3,6-7,9H2. The first-order valence-electron chi connectivity index (χ1n) is 6.17. The minimum atomic E-state index is 0.418. The van der Waals surface area contributed by atoms with Crippen LogP contribution in [-0.4, -0.2) is 6.29 Å². The van der Waals surface area contributed by atoms with Crippen LogP contribution in [-0.2, 0) is 4.79 Å². The Kier molecular flexibility index (Phi) is 3.76. The lowest BCUT2D eigenvalue weighted by molar-refractivity contribution is -0.108. The summed E-state index contributed by atoms with van der Waals surface area (Å²) in [7, 11) is 0. The van der Waals surface area contributed by atoms with Crippen LogP contribution in [0.2, 0.25) is 0 Å². The Morgan fingerprint density at radius 3 is 2.75 bits per heavy atom. The fourth-order valence-corrected chi connectivity index (χ4v) is 2.89. The Morgan fingerprint density at radius 2 is 2.12 bits per heavy atom. The molecule has 1 aromatic rings. The highest BCUT2D eigenvalue weighted by atomic mass is 16.1. The average molecular weight is 215 g/mol. The topological polar surface area (TPSA) is 17.1 Å². The van der Waals surface area contributed by atoms with E-state index in [2.05, 4.69) is 19.1 Å². The molecule has 16 heavy (non-hydrogen) atoms. The van der Waals surface area contributed by atoms with Gasteiger partial charge in [0.15, 0.2) is 0 Å². The summed E-state index contributed by atoms with van der Waals surface area (Å²) in [4.78, 5) is 10.8. The lowest BCUT2D eigenvalue weighted by Gasteiger charge is -2.22. The highest BCUT2D eigenvalue weighted by molar-refractivity contribution is 5.52. The molecule has 0 aliphatic heterocycles. The van der Waals surface area contributed by atoms with Gasteiger partial charge in [0.25, 0.3) is 0 Å². The zero-order valence-electron chi connectivity index (χ0n) is 9.69. The second kappa shape index (κ2) is 5.29. The predicted molar refractivity (Wildman–Crippen MR) is 66.3 cm³/mol. The molecular formula is C15H19O. The van der Waals surface area contributed by atoms with E-state index < -0.39 is 0 Å². The molecule has 0 N–H and O–H groups in total. The number of hydrogen-bond donors (Lipinski definition) is 0. The van der Waals surface area contributed by atoms with Crippen LogP contribution < -0.4 is 0 Å². The molecule has 0 saturated heterocycles. The van der Waals surface area contributed by atoms with E-state index >= 15 is 0 Å². The van der Waals surface area contributed by atoms with Crippen molar-refractivity contribution in [3.05, 3.63) is 42.3 Å². The normalized spacial score (nSPS) is 18.6. The third-order valence-electron chi connectivity index (χ3n) is 3.70. The van der Waals surface area contributed by atoms with Crippen molar-refractivity contribution in [3.63, 3.8) is 0 Å². The van der Waals surface area contributed by atoms with Crippen LogP contribution in [0, 0.1) is 12.8 Å². The summed E-state index contributed by atoms with van der Waals surface area (Å²) < 4.78 is 0. The van der Waals surface area contributed by atoms with E-state index in [1.165, 1.54) is 31.2 Å². The van der Waals surface area contributed by atoms with E-state index in [1.54, 1.807) is 0 Å². The Balaban J connectivity index is 2.20. The lowest BCUT2D eigenvalue weighted by Crippen LogP contribution is -2.10. The van der Waals surface area contributed by atoms with Crippen LogP contribution in [0.1, 0.15) is 49.1 Å². The van der Waals surface area contributed by atoms with Crippen LogP contribution in [0.25, 0.3) is 0 Å². The van der Waals surface area contributed by atoms with Crippen LogP contribution in [0.3, 0.4) is 0 Å². The zero-order chi connectivity index (χ0) is 11.4. The maximum atomic E-state index is 10.8. The molecule has 1 aliphatic rings. The molecule has 0 aromatic heterocycles. The minimum Gasteiger partial charge on any atom is -0.303 e. The van der Waals surface area contributed by atoms with E-state index in [9.17, 15) is 4.79 Å². The van der Waals surface area contributed by atoms with Crippen LogP contribution in [0.15, 0.2) is 24.3 Å². The van der Waals surface area contributed by atoms with Gasteiger partial charge in [-0.1, -0.05) is 37.1 Å². The van der Waals surface area contributed by atoms with Crippen molar-refractivity contribution in [3.8, 4) is 0 Å². The van der Waals surface area contributed by atoms with Gasteiger partial charge in [-0.25, -0.2) is 0 Å². The van der Waals surface area contributed by atoms with Crippen molar-refractivity contribution in [2.75, 3.05) is 0 Å². The first kappa shape index (κ1) is 11.4. The van der Waals surface area contributed by atoms with Crippen molar-refractivity contribution in [2.24, 2.45) is 5.92 Å². The minimum absolute atomic E-state index is 0.418.